The molecule has 1 N–H and O–H groups in total. The SMILES string of the molecule is CCCn1nccc1C(O)C1CCOc2ccccc21. The van der Waals surface area contributed by atoms with Crippen LogP contribution in [-0.4, -0.2) is 21.5 Å². The van der Waals surface area contributed by atoms with Gasteiger partial charge in [0.1, 0.15) is 11.9 Å². The van der Waals surface area contributed by atoms with Gasteiger partial charge in [0.05, 0.1) is 12.3 Å². The fraction of sp³-hybridized carbons (Fsp3) is 0.438. The average molecular weight is 272 g/mol. The van der Waals surface area contributed by atoms with E-state index >= 15 is 0 Å². The highest BCUT2D eigenvalue weighted by Crippen LogP contribution is 2.41. The summed E-state index contributed by atoms with van der Waals surface area (Å²) in [4.78, 5) is 0. The fourth-order valence-corrected chi connectivity index (χ4v) is 2.90. The zero-order chi connectivity index (χ0) is 13.9. The molecule has 3 rings (SSSR count). The van der Waals surface area contributed by atoms with E-state index in [4.69, 9.17) is 4.74 Å². The topological polar surface area (TPSA) is 47.3 Å². The monoisotopic (exact) mass is 272 g/mol. The van der Waals surface area contributed by atoms with E-state index in [1.54, 1.807) is 6.20 Å². The number of aryl methyl sites for hydroxylation is 1. The number of aliphatic hydroxyl groups excluding tert-OH is 1. The zero-order valence-electron chi connectivity index (χ0n) is 11.7. The molecule has 0 saturated carbocycles. The molecular weight excluding hydrogens is 252 g/mol. The van der Waals surface area contributed by atoms with Crippen LogP contribution in [-0.2, 0) is 6.54 Å². The minimum Gasteiger partial charge on any atom is -0.493 e. The second-order valence-electron chi connectivity index (χ2n) is 5.21. The molecule has 1 aromatic heterocycles. The molecule has 4 heteroatoms. The van der Waals surface area contributed by atoms with Crippen LogP contribution < -0.4 is 4.74 Å². The van der Waals surface area contributed by atoms with Crippen molar-refractivity contribution in [1.82, 2.24) is 9.78 Å². The van der Waals surface area contributed by atoms with Gasteiger partial charge in [0, 0.05) is 24.2 Å². The summed E-state index contributed by atoms with van der Waals surface area (Å²) in [7, 11) is 0. The van der Waals surface area contributed by atoms with Gasteiger partial charge in [-0.1, -0.05) is 25.1 Å². The number of hydrogen-bond acceptors (Lipinski definition) is 3. The van der Waals surface area contributed by atoms with Crippen LogP contribution in [0.2, 0.25) is 0 Å². The molecule has 2 heterocycles. The third-order valence-corrected chi connectivity index (χ3v) is 3.87. The highest BCUT2D eigenvalue weighted by atomic mass is 16.5. The minimum atomic E-state index is -0.533. The largest absolute Gasteiger partial charge is 0.493 e. The first-order chi connectivity index (χ1) is 9.81. The van der Waals surface area contributed by atoms with Gasteiger partial charge in [0.15, 0.2) is 0 Å². The highest BCUT2D eigenvalue weighted by molar-refractivity contribution is 5.39. The quantitative estimate of drug-likeness (QED) is 0.931. The van der Waals surface area contributed by atoms with E-state index in [2.05, 4.69) is 12.0 Å². The normalized spacial score (nSPS) is 19.2. The first kappa shape index (κ1) is 13.2. The Morgan fingerprint density at radius 2 is 2.25 bits per heavy atom. The molecule has 0 aliphatic carbocycles. The van der Waals surface area contributed by atoms with Crippen molar-refractivity contribution in [2.75, 3.05) is 6.61 Å². The second-order valence-corrected chi connectivity index (χ2v) is 5.21. The van der Waals surface area contributed by atoms with Gasteiger partial charge >= 0.3 is 0 Å². The molecule has 1 aliphatic rings. The number of ether oxygens (including phenoxy) is 1. The highest BCUT2D eigenvalue weighted by Gasteiger charge is 2.30. The van der Waals surface area contributed by atoms with E-state index in [1.165, 1.54) is 0 Å². The third kappa shape index (κ3) is 2.31. The van der Waals surface area contributed by atoms with Crippen molar-refractivity contribution in [3.8, 4) is 5.75 Å². The summed E-state index contributed by atoms with van der Waals surface area (Å²) in [6.45, 7) is 3.60. The number of rotatable bonds is 4. The van der Waals surface area contributed by atoms with Crippen LogP contribution in [0.1, 0.15) is 43.0 Å². The average Bonchev–Trinajstić information content (AvgIpc) is 2.94. The zero-order valence-corrected chi connectivity index (χ0v) is 11.7. The lowest BCUT2D eigenvalue weighted by Gasteiger charge is -2.29. The molecule has 0 bridgehead atoms. The Morgan fingerprint density at radius 3 is 3.10 bits per heavy atom. The molecule has 106 valence electrons. The third-order valence-electron chi connectivity index (χ3n) is 3.87. The van der Waals surface area contributed by atoms with Gasteiger partial charge in [-0.3, -0.25) is 4.68 Å². The van der Waals surface area contributed by atoms with E-state index in [-0.39, 0.29) is 5.92 Å². The summed E-state index contributed by atoms with van der Waals surface area (Å²) in [6, 6.07) is 9.89. The molecular formula is C16H20N2O2. The van der Waals surface area contributed by atoms with Crippen molar-refractivity contribution in [2.24, 2.45) is 0 Å². The lowest BCUT2D eigenvalue weighted by Crippen LogP contribution is -2.22. The molecule has 2 aromatic rings. The molecule has 0 amide bonds. The van der Waals surface area contributed by atoms with Crippen molar-refractivity contribution >= 4 is 0 Å². The van der Waals surface area contributed by atoms with E-state index in [0.717, 1.165) is 36.4 Å². The summed E-state index contributed by atoms with van der Waals surface area (Å²) < 4.78 is 7.57. The molecule has 0 spiro atoms. The predicted molar refractivity (Wildman–Crippen MR) is 76.8 cm³/mol. The smallest absolute Gasteiger partial charge is 0.122 e. The Balaban J connectivity index is 1.91. The Morgan fingerprint density at radius 1 is 1.40 bits per heavy atom. The lowest BCUT2D eigenvalue weighted by atomic mass is 9.87. The number of para-hydroxylation sites is 1. The van der Waals surface area contributed by atoms with Crippen LogP contribution in [0.5, 0.6) is 5.75 Å². The Labute approximate surface area is 119 Å². The molecule has 0 fully saturated rings. The van der Waals surface area contributed by atoms with Crippen molar-refractivity contribution in [1.29, 1.82) is 0 Å². The van der Waals surface area contributed by atoms with Crippen LogP contribution in [0.15, 0.2) is 36.5 Å². The molecule has 4 nitrogen and oxygen atoms in total. The van der Waals surface area contributed by atoms with Crippen LogP contribution >= 0.6 is 0 Å². The number of fused-ring (bicyclic) bond motifs is 1. The van der Waals surface area contributed by atoms with E-state index < -0.39 is 6.10 Å². The van der Waals surface area contributed by atoms with E-state index in [1.807, 2.05) is 35.0 Å². The first-order valence-electron chi connectivity index (χ1n) is 7.22. The second kappa shape index (κ2) is 5.67. The number of aromatic nitrogens is 2. The van der Waals surface area contributed by atoms with Gasteiger partial charge in [0.2, 0.25) is 0 Å². The standard InChI is InChI=1S/C16H20N2O2/c1-2-10-18-14(7-9-17-18)16(19)13-8-11-20-15-6-4-3-5-12(13)15/h3-7,9,13,16,19H,2,8,10-11H2,1H3. The van der Waals surface area contributed by atoms with Gasteiger partial charge in [0.25, 0.3) is 0 Å². The van der Waals surface area contributed by atoms with Gasteiger partial charge in [-0.25, -0.2) is 0 Å². The molecule has 2 unspecified atom stereocenters. The minimum absolute atomic E-state index is 0.0762. The molecule has 0 saturated heterocycles. The summed E-state index contributed by atoms with van der Waals surface area (Å²) in [5, 5.41) is 15.1. The first-order valence-corrected chi connectivity index (χ1v) is 7.22. The van der Waals surface area contributed by atoms with Crippen molar-refractivity contribution in [3.05, 3.63) is 47.8 Å². The van der Waals surface area contributed by atoms with Crippen LogP contribution in [0, 0.1) is 0 Å². The lowest BCUT2D eigenvalue weighted by molar-refractivity contribution is 0.109. The maximum absolute atomic E-state index is 10.8. The molecule has 20 heavy (non-hydrogen) atoms. The molecule has 1 aliphatic heterocycles. The molecule has 0 radical (unpaired) electrons. The van der Waals surface area contributed by atoms with Crippen molar-refractivity contribution in [3.63, 3.8) is 0 Å². The van der Waals surface area contributed by atoms with Crippen molar-refractivity contribution < 1.29 is 9.84 Å². The predicted octanol–water partition coefficient (Wildman–Crippen LogP) is 2.89. The Bertz CT molecular complexity index is 579. The summed E-state index contributed by atoms with van der Waals surface area (Å²) in [5.41, 5.74) is 1.99. The maximum atomic E-state index is 10.8. The van der Waals surface area contributed by atoms with Gasteiger partial charge in [-0.15, -0.1) is 0 Å². The van der Waals surface area contributed by atoms with Gasteiger partial charge in [-0.05, 0) is 25.0 Å². The van der Waals surface area contributed by atoms with Gasteiger partial charge < -0.3 is 9.84 Å². The van der Waals surface area contributed by atoms with Crippen LogP contribution in [0.25, 0.3) is 0 Å². The Hall–Kier alpha value is -1.81. The summed E-state index contributed by atoms with van der Waals surface area (Å²) >= 11 is 0. The number of benzene rings is 1. The fourth-order valence-electron chi connectivity index (χ4n) is 2.90. The van der Waals surface area contributed by atoms with E-state index in [0.29, 0.717) is 6.61 Å². The van der Waals surface area contributed by atoms with Crippen LogP contribution in [0.4, 0.5) is 0 Å². The van der Waals surface area contributed by atoms with E-state index in [9.17, 15) is 5.11 Å². The number of aliphatic hydroxyl groups is 1. The summed E-state index contributed by atoms with van der Waals surface area (Å²) in [6.07, 6.45) is 3.06. The maximum Gasteiger partial charge on any atom is 0.122 e. The van der Waals surface area contributed by atoms with Crippen LogP contribution in [0.3, 0.4) is 0 Å². The van der Waals surface area contributed by atoms with Gasteiger partial charge in [-0.2, -0.15) is 5.10 Å². The molecule has 2 atom stereocenters. The number of hydrogen-bond donors (Lipinski definition) is 1. The van der Waals surface area contributed by atoms with Crippen molar-refractivity contribution in [2.45, 2.75) is 38.3 Å². The number of nitrogens with zero attached hydrogens (tertiary/aromatic N) is 2. The molecule has 1 aromatic carbocycles. The summed E-state index contributed by atoms with van der Waals surface area (Å²) in [5.74, 6) is 0.969. The Kier molecular flexibility index (Phi) is 3.74.